The number of hydrogen-bond acceptors (Lipinski definition) is 11. The minimum atomic E-state index is -1.65. The van der Waals surface area contributed by atoms with Crippen molar-refractivity contribution in [3.05, 3.63) is 119 Å². The summed E-state index contributed by atoms with van der Waals surface area (Å²) in [5.74, 6) is -5.03. The second kappa shape index (κ2) is 15.9. The number of nitrogens with one attached hydrogen (secondary N) is 1. The number of carbonyl (C=O) groups excluding carboxylic acids is 4. The quantitative estimate of drug-likeness (QED) is 0.115. The predicted octanol–water partition coefficient (Wildman–Crippen LogP) is 5.51. The fraction of sp³-hybridized carbons (Fsp3) is 0.500. The molecule has 3 saturated carbocycles. The smallest absolute Gasteiger partial charge is 0.338 e. The van der Waals surface area contributed by atoms with Crippen molar-refractivity contribution in [3.63, 3.8) is 0 Å². The van der Waals surface area contributed by atoms with Crippen LogP contribution in [0.1, 0.15) is 92.6 Å². The van der Waals surface area contributed by atoms with E-state index in [1.54, 1.807) is 75.4 Å². The molecule has 2 unspecified atom stereocenters. The van der Waals surface area contributed by atoms with Crippen LogP contribution in [0, 0.1) is 34.5 Å². The lowest BCUT2D eigenvalue weighted by Crippen LogP contribution is -2.80. The van der Waals surface area contributed by atoms with Crippen LogP contribution in [-0.2, 0) is 28.5 Å². The number of esters is 3. The minimum Gasteiger partial charge on any atom is -0.458 e. The average molecular weight is 822 g/mol. The van der Waals surface area contributed by atoms with Crippen LogP contribution in [0.15, 0.2) is 102 Å². The number of amides is 1. The molecule has 12 atom stereocenters. The standard InChI is InChI=1S/C48H55NO11/c1-26-33(58-43(54)27(2)37(28-15-9-6-10-16-28)49-42(53)29-17-11-7-12-18-29)23-32-39(59-44(55)30-19-13-8-14-20-30)40-47(5,41(52)38(51)36(26)46(32,3)4)34(50)24-35-48(40,25-57-35)60-45(56)31-21-22-31/h6-20,27,31-35,37-41,50-52H,21-25H2,1-5H3,(H,49,53)/t27-,32?,33+,34+,35-,37-,38-,39-,40?,41+,47-,48+/m1/s1. The maximum absolute atomic E-state index is 14.5. The number of fused-ring (bicyclic) bond motifs is 5. The molecular weight excluding hydrogens is 767 g/mol. The van der Waals surface area contributed by atoms with Gasteiger partial charge in [-0.2, -0.15) is 0 Å². The van der Waals surface area contributed by atoms with E-state index in [1.165, 1.54) is 0 Å². The molecule has 318 valence electrons. The Bertz CT molecular complexity index is 2140. The number of carbonyl (C=O) groups is 4. The number of rotatable bonds is 10. The van der Waals surface area contributed by atoms with Crippen molar-refractivity contribution in [2.75, 3.05) is 6.61 Å². The maximum atomic E-state index is 14.5. The van der Waals surface area contributed by atoms with Crippen LogP contribution in [-0.4, -0.2) is 88.0 Å². The third-order valence-electron chi connectivity index (χ3n) is 14.4. The zero-order chi connectivity index (χ0) is 42.7. The van der Waals surface area contributed by atoms with Gasteiger partial charge in [-0.3, -0.25) is 14.4 Å². The first-order chi connectivity index (χ1) is 28.6. The third-order valence-corrected chi connectivity index (χ3v) is 14.4. The van der Waals surface area contributed by atoms with Crippen molar-refractivity contribution in [1.29, 1.82) is 0 Å². The summed E-state index contributed by atoms with van der Waals surface area (Å²) in [7, 11) is 0. The second-order valence-electron chi connectivity index (χ2n) is 18.3. The third kappa shape index (κ3) is 7.04. The van der Waals surface area contributed by atoms with Crippen molar-refractivity contribution in [2.24, 2.45) is 34.5 Å². The Labute approximate surface area is 350 Å². The van der Waals surface area contributed by atoms with E-state index in [4.69, 9.17) is 18.9 Å². The molecule has 5 aliphatic rings. The number of benzene rings is 3. The lowest BCUT2D eigenvalue weighted by atomic mass is 9.45. The van der Waals surface area contributed by atoms with Gasteiger partial charge in [0.05, 0.1) is 48.2 Å². The Morgan fingerprint density at radius 1 is 0.817 bits per heavy atom. The van der Waals surface area contributed by atoms with E-state index in [-0.39, 0.29) is 36.8 Å². The Morgan fingerprint density at radius 2 is 1.42 bits per heavy atom. The van der Waals surface area contributed by atoms with Crippen molar-refractivity contribution in [2.45, 2.75) is 109 Å². The number of aliphatic hydroxyl groups excluding tert-OH is 3. The molecule has 60 heavy (non-hydrogen) atoms. The van der Waals surface area contributed by atoms with Gasteiger partial charge in [0, 0.05) is 23.3 Å². The van der Waals surface area contributed by atoms with E-state index in [0.717, 1.165) is 0 Å². The SMILES string of the molecule is CC1=C2[C@@H](O)[C@H](O)[C@@]3(C)C([C@H](OC(=O)c4ccccc4)C(C[C@@H]1OC(=O)[C@H](C)[C@@H](NC(=O)c1ccccc1)c1ccccc1)C2(C)C)[C@]1(OC(=O)C2CC2)CO[C@@H]1C[C@@H]3O. The summed E-state index contributed by atoms with van der Waals surface area (Å²) >= 11 is 0. The van der Waals surface area contributed by atoms with Gasteiger partial charge in [-0.1, -0.05) is 87.5 Å². The van der Waals surface area contributed by atoms with Crippen LogP contribution in [0.2, 0.25) is 0 Å². The Balaban J connectivity index is 1.20. The molecule has 2 bridgehead atoms. The zero-order valence-corrected chi connectivity index (χ0v) is 34.7. The van der Waals surface area contributed by atoms with Gasteiger partial charge in [0.15, 0.2) is 5.60 Å². The average Bonchev–Trinajstić information content (AvgIpc) is 4.10. The molecule has 3 aromatic carbocycles. The molecule has 1 amide bonds. The molecule has 0 spiro atoms. The van der Waals surface area contributed by atoms with Gasteiger partial charge in [0.1, 0.15) is 24.4 Å². The number of aliphatic hydroxyl groups is 3. The summed E-state index contributed by atoms with van der Waals surface area (Å²) < 4.78 is 25.6. The molecule has 8 rings (SSSR count). The van der Waals surface area contributed by atoms with E-state index in [9.17, 15) is 34.5 Å². The lowest BCUT2D eigenvalue weighted by Gasteiger charge is -2.67. The highest BCUT2D eigenvalue weighted by Crippen LogP contribution is 2.64. The summed E-state index contributed by atoms with van der Waals surface area (Å²) in [6.07, 6.45) is -5.89. The fourth-order valence-electron chi connectivity index (χ4n) is 10.8. The number of ether oxygens (including phenoxy) is 4. The van der Waals surface area contributed by atoms with E-state index >= 15 is 0 Å². The first-order valence-corrected chi connectivity index (χ1v) is 21.1. The molecule has 1 heterocycles. The summed E-state index contributed by atoms with van der Waals surface area (Å²) in [4.78, 5) is 55.9. The van der Waals surface area contributed by atoms with E-state index in [0.29, 0.717) is 35.1 Å². The Kier molecular flexibility index (Phi) is 11.1. The molecule has 12 nitrogen and oxygen atoms in total. The molecular formula is C48H55NO11. The van der Waals surface area contributed by atoms with Gasteiger partial charge in [0.25, 0.3) is 5.91 Å². The van der Waals surface area contributed by atoms with Crippen molar-refractivity contribution < 1.29 is 53.4 Å². The summed E-state index contributed by atoms with van der Waals surface area (Å²) in [6.45, 7) is 8.85. The monoisotopic (exact) mass is 821 g/mol. The topological polar surface area (TPSA) is 178 Å². The van der Waals surface area contributed by atoms with Gasteiger partial charge in [-0.15, -0.1) is 0 Å². The Morgan fingerprint density at radius 3 is 2.00 bits per heavy atom. The largest absolute Gasteiger partial charge is 0.458 e. The van der Waals surface area contributed by atoms with Gasteiger partial charge < -0.3 is 39.6 Å². The van der Waals surface area contributed by atoms with E-state index in [1.807, 2.05) is 50.2 Å². The second-order valence-corrected chi connectivity index (χ2v) is 18.3. The summed E-state index contributed by atoms with van der Waals surface area (Å²) in [5, 5.41) is 40.1. The highest BCUT2D eigenvalue weighted by Gasteiger charge is 2.75. The molecule has 0 aromatic heterocycles. The molecule has 12 heteroatoms. The van der Waals surface area contributed by atoms with Crippen molar-refractivity contribution in [1.82, 2.24) is 5.32 Å². The fourth-order valence-corrected chi connectivity index (χ4v) is 10.8. The highest BCUT2D eigenvalue weighted by molar-refractivity contribution is 5.94. The van der Waals surface area contributed by atoms with Crippen LogP contribution in [0.5, 0.6) is 0 Å². The van der Waals surface area contributed by atoms with Crippen molar-refractivity contribution in [3.8, 4) is 0 Å². The van der Waals surface area contributed by atoms with Crippen LogP contribution < -0.4 is 5.32 Å². The molecule has 3 aromatic rings. The molecule has 4 N–H and O–H groups in total. The van der Waals surface area contributed by atoms with Gasteiger partial charge >= 0.3 is 17.9 Å². The molecule has 1 aliphatic heterocycles. The first-order valence-electron chi connectivity index (χ1n) is 21.1. The zero-order valence-electron chi connectivity index (χ0n) is 34.7. The molecule has 4 aliphatic carbocycles. The highest BCUT2D eigenvalue weighted by atomic mass is 16.6. The minimum absolute atomic E-state index is 0.0156. The first kappa shape index (κ1) is 41.8. The molecule has 0 radical (unpaired) electrons. The maximum Gasteiger partial charge on any atom is 0.338 e. The van der Waals surface area contributed by atoms with Crippen LogP contribution in [0.25, 0.3) is 0 Å². The Hall–Kier alpha value is -4.88. The predicted molar refractivity (Wildman–Crippen MR) is 218 cm³/mol. The summed E-state index contributed by atoms with van der Waals surface area (Å²) in [6, 6.07) is 25.6. The van der Waals surface area contributed by atoms with Crippen LogP contribution >= 0.6 is 0 Å². The van der Waals surface area contributed by atoms with Crippen LogP contribution in [0.3, 0.4) is 0 Å². The van der Waals surface area contributed by atoms with Gasteiger partial charge in [-0.05, 0) is 79.5 Å². The van der Waals surface area contributed by atoms with Crippen LogP contribution in [0.4, 0.5) is 0 Å². The molecule has 4 fully saturated rings. The van der Waals surface area contributed by atoms with E-state index < -0.39 is 94.8 Å². The van der Waals surface area contributed by atoms with Crippen molar-refractivity contribution >= 4 is 23.8 Å². The number of hydrogen-bond donors (Lipinski definition) is 4. The lowest BCUT2D eigenvalue weighted by molar-refractivity contribution is -0.355. The van der Waals surface area contributed by atoms with Gasteiger partial charge in [0.2, 0.25) is 0 Å². The van der Waals surface area contributed by atoms with E-state index in [2.05, 4.69) is 5.32 Å². The summed E-state index contributed by atoms with van der Waals surface area (Å²) in [5.41, 5.74) is -1.68. The van der Waals surface area contributed by atoms with Gasteiger partial charge in [-0.25, -0.2) is 4.79 Å². The normalized spacial score (nSPS) is 33.9. The molecule has 1 saturated heterocycles.